The molecule has 13 heteroatoms. The van der Waals surface area contributed by atoms with Gasteiger partial charge in [0.25, 0.3) is 0 Å². The summed E-state index contributed by atoms with van der Waals surface area (Å²) < 4.78 is 34.2. The van der Waals surface area contributed by atoms with Crippen LogP contribution < -0.4 is 5.73 Å². The summed E-state index contributed by atoms with van der Waals surface area (Å²) in [6.07, 6.45) is 28.5. The first-order valence-corrected chi connectivity index (χ1v) is 25.7. The highest BCUT2D eigenvalue weighted by atomic mass is 79.9. The number of rotatable bonds is 3. The molecule has 0 saturated heterocycles. The van der Waals surface area contributed by atoms with Gasteiger partial charge in [-0.25, -0.2) is 9.97 Å². The van der Waals surface area contributed by atoms with Gasteiger partial charge in [-0.15, -0.1) is 0 Å². The van der Waals surface area contributed by atoms with E-state index in [1.54, 1.807) is 12.3 Å². The van der Waals surface area contributed by atoms with Crippen molar-refractivity contribution >= 4 is 33.2 Å². The molecule has 66 heavy (non-hydrogen) atoms. The van der Waals surface area contributed by atoms with Gasteiger partial charge in [-0.2, -0.15) is 0 Å². The molecule has 0 radical (unpaired) electrons. The minimum Gasteiger partial charge on any atom is -0.390 e. The molecule has 16 atom stereocenters. The molecule has 3 aromatic heterocycles. The molecule has 0 bridgehead atoms. The molecule has 4 N–H and O–H groups in total. The van der Waals surface area contributed by atoms with Crippen LogP contribution in [0.1, 0.15) is 162 Å². The molecule has 0 aromatic carbocycles. The first-order chi connectivity index (χ1) is 30.7. The Bertz CT molecular complexity index is 1960. The number of imidazole rings is 1. The van der Waals surface area contributed by atoms with Gasteiger partial charge in [-0.05, 0) is 224 Å². The van der Waals surface area contributed by atoms with Crippen LogP contribution in [0, 0.1) is 75.9 Å². The average Bonchev–Trinajstić information content (AvgIpc) is 3.99. The molecule has 0 amide bonds. The van der Waals surface area contributed by atoms with Crippen LogP contribution in [0.3, 0.4) is 0 Å². The number of Topliss-reactive ketones (excluding diaryl/α,β-unsaturated/α-hetero) is 1. The Hall–Kier alpha value is -2.64. The molecule has 3 heterocycles. The number of ketones is 1. The molecule has 8 fully saturated rings. The normalized spacial score (nSPS) is 41.3. The second kappa shape index (κ2) is 22.4. The van der Waals surface area contributed by atoms with E-state index in [0.29, 0.717) is 34.2 Å². The zero-order chi connectivity index (χ0) is 46.0. The molecule has 3 aromatic rings. The number of nitrogens with two attached hydrogens (primary N) is 1. The van der Waals surface area contributed by atoms with Crippen molar-refractivity contribution in [1.29, 1.82) is 0 Å². The quantitative estimate of drug-likeness (QED) is 0.178. The van der Waals surface area contributed by atoms with Crippen molar-refractivity contribution in [3.8, 4) is 0 Å². The number of anilines is 1. The molecule has 8 aliphatic rings. The number of carbonyl (C=O) groups is 1. The third kappa shape index (κ3) is 10.7. The fraction of sp³-hybridized carbons (Fsp3) is 0.755. The van der Waals surface area contributed by atoms with Gasteiger partial charge >= 0.3 is 0 Å². The lowest BCUT2D eigenvalue weighted by Crippen LogP contribution is -2.51. The van der Waals surface area contributed by atoms with Crippen LogP contribution in [0.5, 0.6) is 0 Å². The predicted octanol–water partition coefficient (Wildman–Crippen LogP) is 13.9. The van der Waals surface area contributed by atoms with Crippen LogP contribution in [0.4, 0.5) is 28.8 Å². The number of nitrogen functional groups attached to an aromatic ring is 1. The molecule has 11 rings (SSSR count). The van der Waals surface area contributed by atoms with Crippen molar-refractivity contribution in [1.82, 2.24) is 14.4 Å². The van der Waals surface area contributed by atoms with E-state index in [4.69, 9.17) is 29.0 Å². The fourth-order valence-corrected chi connectivity index (χ4v) is 17.2. The van der Waals surface area contributed by atoms with Crippen LogP contribution >= 0.6 is 15.9 Å². The molecule has 0 spiro atoms. The summed E-state index contributed by atoms with van der Waals surface area (Å²) in [7, 11) is 0. The summed E-state index contributed by atoms with van der Waals surface area (Å²) in [5.74, 6) is 10.4. The lowest BCUT2D eigenvalue weighted by molar-refractivity contribution is -0.129. The number of alkyl halides is 1. The number of aromatic nitrogens is 3. The number of pyridine rings is 2. The van der Waals surface area contributed by atoms with Crippen LogP contribution in [0.2, 0.25) is 0 Å². The van der Waals surface area contributed by atoms with Gasteiger partial charge in [-0.3, -0.25) is 9.50 Å². The third-order valence-corrected chi connectivity index (χ3v) is 20.0. The fourth-order valence-electron chi connectivity index (χ4n) is 16.8. The average molecular weight is 996 g/mol. The molecular formula is C53H80BrF5N4O3. The predicted molar refractivity (Wildman–Crippen MR) is 258 cm³/mol. The first kappa shape index (κ1) is 54.3. The monoisotopic (exact) mass is 995 g/mol. The van der Waals surface area contributed by atoms with E-state index in [9.17, 15) is 15.0 Å². The smallest absolute Gasteiger partial charge is 0.147 e. The van der Waals surface area contributed by atoms with E-state index in [-0.39, 0.29) is 17.5 Å². The summed E-state index contributed by atoms with van der Waals surface area (Å²) in [6, 6.07) is 11.8. The maximum Gasteiger partial charge on any atom is 0.147 e. The van der Waals surface area contributed by atoms with Crippen molar-refractivity contribution in [3.05, 3.63) is 60.7 Å². The van der Waals surface area contributed by atoms with E-state index in [1.807, 2.05) is 19.1 Å². The standard InChI is InChI=1S/C26H36N2O.C21H33BrO2.C5H6N2.CH4.2F2.FH/c1-25(29)12-10-18-17(15-25)6-7-20-19(18)11-13-26(2)21(20)8-9-22(26)23-16-28-14-4-3-5-24(28)27-23;1-20(24)9-7-14-13(11-20)3-4-16-15(14)8-10-21(2)17(16)5-6-18(21)19(23)12-22;6-5-3-1-2-4-7-5;;2*1-2;/h3-5,14,16-22,29H,6-13,15H2,1-2H3;13-18,24H,3-12H2,1-2H3;1-4H,(H2,6,7);1H4;;;1H/t17-,18-,19+,20+,21-,22+,25+,26-;13-,14-,15+,16+,17-,18+,20+,21-;;;;;/m00...../s1. The van der Waals surface area contributed by atoms with Crippen LogP contribution in [0.15, 0.2) is 55.0 Å². The van der Waals surface area contributed by atoms with Gasteiger partial charge in [0, 0.05) is 48.7 Å². The van der Waals surface area contributed by atoms with Gasteiger partial charge in [0.15, 0.2) is 0 Å². The number of hydrogen-bond acceptors (Lipinski definition) is 6. The van der Waals surface area contributed by atoms with Crippen molar-refractivity contribution < 1.29 is 38.0 Å². The number of hydrogen-bond donors (Lipinski definition) is 3. The Kier molecular flexibility index (Phi) is 18.4. The highest BCUT2D eigenvalue weighted by Gasteiger charge is 2.60. The number of nitrogens with zero attached hydrogens (tertiary/aromatic N) is 3. The van der Waals surface area contributed by atoms with Gasteiger partial charge in [0.2, 0.25) is 0 Å². The number of carbonyl (C=O) groups excluding carboxylic acids is 1. The SMILES string of the molecule is C.C[C@@]1(O)CC[C@H]2[C@@H](CC[C@@H]3[C@@H]2CC[C@]2(C)[C@@H](C(=O)CBr)CC[C@@H]32)C1.C[C@@]1(O)CC[C@H]2[C@@H](CC[C@@H]3[C@@H]2CC[C@]2(C)[C@@H](c4cn5ccccc5n4)CC[C@@H]32)C1.F.FF.FF.Nc1ccccn1. The summed E-state index contributed by atoms with van der Waals surface area (Å²) in [5, 5.41) is 21.6. The van der Waals surface area contributed by atoms with Crippen molar-refractivity contribution in [2.24, 2.45) is 75.9 Å². The molecule has 0 unspecified atom stereocenters. The summed E-state index contributed by atoms with van der Waals surface area (Å²) in [4.78, 5) is 21.3. The Morgan fingerprint density at radius 3 is 1.74 bits per heavy atom. The van der Waals surface area contributed by atoms with E-state index < -0.39 is 11.2 Å². The number of halogens is 6. The largest absolute Gasteiger partial charge is 0.390 e. The van der Waals surface area contributed by atoms with E-state index >= 15 is 0 Å². The zero-order valence-electron chi connectivity index (χ0n) is 39.1. The van der Waals surface area contributed by atoms with Crippen molar-refractivity contribution in [2.45, 2.75) is 168 Å². The van der Waals surface area contributed by atoms with Gasteiger partial charge < -0.3 is 20.3 Å². The van der Waals surface area contributed by atoms with E-state index in [0.717, 1.165) is 96.9 Å². The summed E-state index contributed by atoms with van der Waals surface area (Å²) in [5.41, 5.74) is 7.54. The lowest BCUT2D eigenvalue weighted by Gasteiger charge is -2.57. The number of aliphatic hydroxyl groups is 2. The van der Waals surface area contributed by atoms with E-state index in [2.05, 4.69) is 76.7 Å². The van der Waals surface area contributed by atoms with Gasteiger partial charge in [-0.1, -0.05) is 49.3 Å². The molecule has 0 aliphatic heterocycles. The van der Waals surface area contributed by atoms with Crippen molar-refractivity contribution in [2.75, 3.05) is 11.1 Å². The Balaban J connectivity index is 0.000000200. The second-order valence-electron chi connectivity index (χ2n) is 22.7. The minimum atomic E-state index is -0.419. The molecule has 8 aliphatic carbocycles. The summed E-state index contributed by atoms with van der Waals surface area (Å²) in [6.45, 7) is 9.15. The maximum absolute atomic E-state index is 12.5. The molecular weight excluding hydrogens is 916 g/mol. The lowest BCUT2D eigenvalue weighted by atomic mass is 9.49. The topological polar surface area (TPSA) is 114 Å². The Morgan fingerprint density at radius 2 is 1.23 bits per heavy atom. The number of fused-ring (bicyclic) bond motifs is 11. The maximum atomic E-state index is 12.5. The van der Waals surface area contributed by atoms with E-state index in [1.165, 1.54) is 89.2 Å². The third-order valence-electron chi connectivity index (χ3n) is 19.4. The highest BCUT2D eigenvalue weighted by Crippen LogP contribution is 2.67. The molecule has 8 saturated carbocycles. The Morgan fingerprint density at radius 1 is 0.697 bits per heavy atom. The molecule has 372 valence electrons. The van der Waals surface area contributed by atoms with Gasteiger partial charge in [0.05, 0.1) is 22.2 Å². The Labute approximate surface area is 399 Å². The van der Waals surface area contributed by atoms with Crippen LogP contribution in [-0.4, -0.2) is 46.9 Å². The van der Waals surface area contributed by atoms with Crippen LogP contribution in [0.25, 0.3) is 5.65 Å². The molecule has 7 nitrogen and oxygen atoms in total. The minimum absolute atomic E-state index is 0. The highest BCUT2D eigenvalue weighted by molar-refractivity contribution is 9.09. The second-order valence-corrected chi connectivity index (χ2v) is 23.2. The van der Waals surface area contributed by atoms with Gasteiger partial charge in [0.1, 0.15) is 17.2 Å². The summed E-state index contributed by atoms with van der Waals surface area (Å²) >= 11 is 3.42. The first-order valence-electron chi connectivity index (χ1n) is 24.6. The van der Waals surface area contributed by atoms with Crippen LogP contribution in [-0.2, 0) is 4.79 Å². The zero-order valence-corrected chi connectivity index (χ0v) is 40.7. The van der Waals surface area contributed by atoms with Crippen molar-refractivity contribution in [3.63, 3.8) is 0 Å².